The molecule has 5 nitrogen and oxygen atoms in total. The lowest BCUT2D eigenvalue weighted by molar-refractivity contribution is 0.102. The van der Waals surface area contributed by atoms with Crippen LogP contribution in [0.5, 0.6) is 0 Å². The van der Waals surface area contributed by atoms with Gasteiger partial charge in [-0.1, -0.05) is 6.07 Å². The van der Waals surface area contributed by atoms with Gasteiger partial charge >= 0.3 is 0 Å². The molecule has 6 heteroatoms. The van der Waals surface area contributed by atoms with E-state index in [9.17, 15) is 13.2 Å². The number of aryl methyl sites for hydroxylation is 2. The summed E-state index contributed by atoms with van der Waals surface area (Å²) < 4.78 is 28.1. The second-order valence-corrected chi connectivity index (χ2v) is 6.61. The predicted octanol–water partition coefficient (Wildman–Crippen LogP) is 2.55. The molecule has 0 fully saturated rings. The maximum atomic E-state index is 12.1. The fourth-order valence-corrected chi connectivity index (χ4v) is 2.42. The third kappa shape index (κ3) is 2.91. The molecule has 0 spiro atoms. The van der Waals surface area contributed by atoms with Crippen LogP contribution in [0.3, 0.4) is 0 Å². The van der Waals surface area contributed by atoms with Crippen LogP contribution in [0.4, 0.5) is 5.69 Å². The third-order valence-corrected chi connectivity index (χ3v) is 4.10. The van der Waals surface area contributed by atoms with E-state index in [1.165, 1.54) is 18.4 Å². The highest BCUT2D eigenvalue weighted by atomic mass is 32.2. The Hall–Kier alpha value is -2.08. The van der Waals surface area contributed by atoms with Gasteiger partial charge in [-0.05, 0) is 37.6 Å². The van der Waals surface area contributed by atoms with Gasteiger partial charge in [0.05, 0.1) is 16.7 Å². The quantitative estimate of drug-likeness (QED) is 0.943. The van der Waals surface area contributed by atoms with Crippen molar-refractivity contribution >= 4 is 21.4 Å². The minimum Gasteiger partial charge on any atom is -0.469 e. The Morgan fingerprint density at radius 3 is 2.45 bits per heavy atom. The van der Waals surface area contributed by atoms with Crippen molar-refractivity contribution in [1.29, 1.82) is 0 Å². The minimum absolute atomic E-state index is 0.169. The first-order valence-corrected chi connectivity index (χ1v) is 7.84. The fraction of sp³-hybridized carbons (Fsp3) is 0.214. The van der Waals surface area contributed by atoms with Gasteiger partial charge in [-0.2, -0.15) is 0 Å². The van der Waals surface area contributed by atoms with Crippen LogP contribution in [-0.4, -0.2) is 20.6 Å². The lowest BCUT2D eigenvalue weighted by Crippen LogP contribution is -2.13. The van der Waals surface area contributed by atoms with Gasteiger partial charge < -0.3 is 9.73 Å². The van der Waals surface area contributed by atoms with Crippen molar-refractivity contribution in [3.05, 3.63) is 47.4 Å². The van der Waals surface area contributed by atoms with E-state index in [4.69, 9.17) is 4.42 Å². The first kappa shape index (κ1) is 14.3. The van der Waals surface area contributed by atoms with Crippen LogP contribution in [0.1, 0.15) is 21.7 Å². The monoisotopic (exact) mass is 293 g/mol. The van der Waals surface area contributed by atoms with Crippen LogP contribution < -0.4 is 5.32 Å². The van der Waals surface area contributed by atoms with Crippen LogP contribution in [0, 0.1) is 13.8 Å². The van der Waals surface area contributed by atoms with Gasteiger partial charge in [-0.25, -0.2) is 8.42 Å². The molecule has 2 rings (SSSR count). The first-order chi connectivity index (χ1) is 9.29. The molecule has 0 aliphatic carbocycles. The normalized spacial score (nSPS) is 11.3. The van der Waals surface area contributed by atoms with E-state index in [-0.39, 0.29) is 10.8 Å². The van der Waals surface area contributed by atoms with Gasteiger partial charge in [0.2, 0.25) is 0 Å². The smallest absolute Gasteiger partial charge is 0.259 e. The molecule has 0 saturated heterocycles. The zero-order valence-corrected chi connectivity index (χ0v) is 12.2. The summed E-state index contributed by atoms with van der Waals surface area (Å²) in [6.45, 7) is 3.48. The first-order valence-electron chi connectivity index (χ1n) is 5.95. The van der Waals surface area contributed by atoms with E-state index >= 15 is 0 Å². The molecule has 0 aliphatic heterocycles. The summed E-state index contributed by atoms with van der Waals surface area (Å²) in [5.41, 5.74) is 1.68. The molecule has 0 radical (unpaired) electrons. The van der Waals surface area contributed by atoms with Crippen molar-refractivity contribution in [2.45, 2.75) is 18.7 Å². The Balaban J connectivity index is 2.34. The maximum absolute atomic E-state index is 12.1. The number of carbonyl (C=O) groups excluding carboxylic acids is 1. The third-order valence-electron chi connectivity index (χ3n) is 2.99. The van der Waals surface area contributed by atoms with Crippen molar-refractivity contribution in [2.75, 3.05) is 11.6 Å². The van der Waals surface area contributed by atoms with Crippen LogP contribution in [-0.2, 0) is 9.84 Å². The van der Waals surface area contributed by atoms with Crippen molar-refractivity contribution in [2.24, 2.45) is 0 Å². The molecule has 1 aromatic carbocycles. The molecule has 0 saturated carbocycles. The fourth-order valence-electron chi connectivity index (χ4n) is 1.78. The average molecular weight is 293 g/mol. The largest absolute Gasteiger partial charge is 0.469 e. The molecule has 0 aliphatic rings. The second-order valence-electron chi connectivity index (χ2n) is 4.59. The topological polar surface area (TPSA) is 76.4 Å². The maximum Gasteiger partial charge on any atom is 0.259 e. The summed E-state index contributed by atoms with van der Waals surface area (Å²) >= 11 is 0. The Bertz CT molecular complexity index is 759. The van der Waals surface area contributed by atoms with Gasteiger partial charge in [0, 0.05) is 11.9 Å². The average Bonchev–Trinajstić information content (AvgIpc) is 2.77. The second kappa shape index (κ2) is 5.13. The number of hydrogen-bond donors (Lipinski definition) is 1. The number of rotatable bonds is 3. The molecular formula is C14H15NO4S. The van der Waals surface area contributed by atoms with E-state index < -0.39 is 9.84 Å². The molecule has 1 heterocycles. The summed E-state index contributed by atoms with van der Waals surface area (Å²) in [4.78, 5) is 12.3. The number of hydrogen-bond acceptors (Lipinski definition) is 4. The van der Waals surface area contributed by atoms with E-state index in [2.05, 4.69) is 5.32 Å². The van der Waals surface area contributed by atoms with Crippen LogP contribution >= 0.6 is 0 Å². The minimum atomic E-state index is -3.31. The molecule has 1 aromatic heterocycles. The zero-order valence-electron chi connectivity index (χ0n) is 11.4. The van der Waals surface area contributed by atoms with Crippen LogP contribution in [0.15, 0.2) is 39.8 Å². The van der Waals surface area contributed by atoms with Crippen molar-refractivity contribution in [3.63, 3.8) is 0 Å². The molecule has 0 unspecified atom stereocenters. The Morgan fingerprint density at radius 2 is 1.90 bits per heavy atom. The summed E-state index contributed by atoms with van der Waals surface area (Å²) in [7, 11) is -3.31. The van der Waals surface area contributed by atoms with Crippen molar-refractivity contribution in [1.82, 2.24) is 0 Å². The number of anilines is 1. The van der Waals surface area contributed by atoms with Gasteiger partial charge in [-0.3, -0.25) is 4.79 Å². The van der Waals surface area contributed by atoms with Crippen LogP contribution in [0.2, 0.25) is 0 Å². The van der Waals surface area contributed by atoms with Gasteiger partial charge in [0.25, 0.3) is 5.91 Å². The number of sulfone groups is 1. The van der Waals surface area contributed by atoms with E-state index in [0.29, 0.717) is 17.0 Å². The summed E-state index contributed by atoms with van der Waals surface area (Å²) in [5.74, 6) is 0.185. The standard InChI is InChI=1S/C14H15NO4S/c1-9-4-5-11(20(3,17)18)8-13(9)15-14(16)12-6-7-19-10(12)2/h4-8H,1-3H3,(H,15,16). The molecular weight excluding hydrogens is 278 g/mol. The Labute approximate surface area is 117 Å². The SMILES string of the molecule is Cc1ccc(S(C)(=O)=O)cc1NC(=O)c1ccoc1C. The number of benzene rings is 1. The van der Waals surface area contributed by atoms with E-state index in [0.717, 1.165) is 11.8 Å². The van der Waals surface area contributed by atoms with Crippen molar-refractivity contribution < 1.29 is 17.6 Å². The highest BCUT2D eigenvalue weighted by Gasteiger charge is 2.14. The van der Waals surface area contributed by atoms with Gasteiger partial charge in [0.15, 0.2) is 9.84 Å². The van der Waals surface area contributed by atoms with E-state index in [1.807, 2.05) is 0 Å². The molecule has 106 valence electrons. The lowest BCUT2D eigenvalue weighted by Gasteiger charge is -2.09. The molecule has 1 N–H and O–H groups in total. The Morgan fingerprint density at radius 1 is 1.20 bits per heavy atom. The summed E-state index contributed by atoms with van der Waals surface area (Å²) in [6.07, 6.45) is 2.56. The summed E-state index contributed by atoms with van der Waals surface area (Å²) in [6, 6.07) is 6.20. The summed E-state index contributed by atoms with van der Waals surface area (Å²) in [5, 5.41) is 2.70. The highest BCUT2D eigenvalue weighted by molar-refractivity contribution is 7.90. The number of carbonyl (C=O) groups is 1. The Kier molecular flexibility index (Phi) is 3.67. The molecule has 20 heavy (non-hydrogen) atoms. The number of furan rings is 1. The van der Waals surface area contributed by atoms with Crippen molar-refractivity contribution in [3.8, 4) is 0 Å². The van der Waals surface area contributed by atoms with Gasteiger partial charge in [0.1, 0.15) is 5.76 Å². The predicted molar refractivity (Wildman–Crippen MR) is 75.7 cm³/mol. The lowest BCUT2D eigenvalue weighted by atomic mass is 10.2. The highest BCUT2D eigenvalue weighted by Crippen LogP contribution is 2.21. The molecule has 1 amide bonds. The zero-order chi connectivity index (χ0) is 14.9. The number of amides is 1. The van der Waals surface area contributed by atoms with Crippen LogP contribution in [0.25, 0.3) is 0 Å². The molecule has 0 atom stereocenters. The molecule has 2 aromatic rings. The van der Waals surface area contributed by atoms with Gasteiger partial charge in [-0.15, -0.1) is 0 Å². The number of nitrogens with one attached hydrogen (secondary N) is 1. The van der Waals surface area contributed by atoms with E-state index in [1.54, 1.807) is 26.0 Å². The molecule has 0 bridgehead atoms.